The molecule has 1 fully saturated rings. The Morgan fingerprint density at radius 2 is 1.64 bits per heavy atom. The second-order valence-electron chi connectivity index (χ2n) is 8.52. The number of carbonyl (C=O) groups excluding carboxylic acids is 2. The van der Waals surface area contributed by atoms with Crippen LogP contribution in [0.25, 0.3) is 0 Å². The summed E-state index contributed by atoms with van der Waals surface area (Å²) < 4.78 is 10.4. The Hall–Kier alpha value is -1.30. The molecule has 6 heteroatoms. The lowest BCUT2D eigenvalue weighted by atomic mass is 9.86. The highest BCUT2D eigenvalue weighted by Gasteiger charge is 2.28. The Morgan fingerprint density at radius 3 is 2.16 bits per heavy atom. The Labute approximate surface area is 152 Å². The van der Waals surface area contributed by atoms with Crippen molar-refractivity contribution < 1.29 is 19.1 Å². The average Bonchev–Trinajstić information content (AvgIpc) is 2.45. The molecule has 6 nitrogen and oxygen atoms in total. The van der Waals surface area contributed by atoms with Crippen molar-refractivity contribution in [2.45, 2.75) is 90.8 Å². The summed E-state index contributed by atoms with van der Waals surface area (Å²) in [6, 6.07) is 0.433. The summed E-state index contributed by atoms with van der Waals surface area (Å²) in [5, 5.41) is 6.47. The number of hydrogen-bond donors (Lipinski definition) is 2. The van der Waals surface area contributed by atoms with Crippen LogP contribution >= 0.6 is 0 Å². The van der Waals surface area contributed by atoms with E-state index in [4.69, 9.17) is 9.47 Å². The fraction of sp³-hybridized carbons (Fsp3) is 0.895. The van der Waals surface area contributed by atoms with E-state index in [1.54, 1.807) is 0 Å². The van der Waals surface area contributed by atoms with Crippen molar-refractivity contribution in [3.63, 3.8) is 0 Å². The van der Waals surface area contributed by atoms with Gasteiger partial charge in [-0.15, -0.1) is 0 Å². The molecule has 1 aliphatic rings. The molecular weight excluding hydrogens is 320 g/mol. The van der Waals surface area contributed by atoms with E-state index in [-0.39, 0.29) is 23.5 Å². The van der Waals surface area contributed by atoms with Crippen LogP contribution in [0.15, 0.2) is 0 Å². The minimum atomic E-state index is -0.490. The van der Waals surface area contributed by atoms with Crippen LogP contribution in [0, 0.1) is 5.92 Å². The highest BCUT2D eigenvalue weighted by Crippen LogP contribution is 2.25. The predicted octanol–water partition coefficient (Wildman–Crippen LogP) is 3.39. The third-order valence-corrected chi connectivity index (χ3v) is 4.37. The molecule has 0 aromatic carbocycles. The normalized spacial score (nSPS) is 21.5. The predicted molar refractivity (Wildman–Crippen MR) is 98.4 cm³/mol. The average molecular weight is 357 g/mol. The van der Waals surface area contributed by atoms with Crippen LogP contribution < -0.4 is 10.6 Å². The van der Waals surface area contributed by atoms with Gasteiger partial charge in [0, 0.05) is 11.6 Å². The number of carbonyl (C=O) groups is 2. The molecule has 0 spiro atoms. The van der Waals surface area contributed by atoms with Crippen LogP contribution in [0.1, 0.15) is 73.6 Å². The lowest BCUT2D eigenvalue weighted by molar-refractivity contribution is -0.149. The van der Waals surface area contributed by atoms with Gasteiger partial charge in [0.2, 0.25) is 0 Å². The van der Waals surface area contributed by atoms with Crippen molar-refractivity contribution in [2.75, 3.05) is 13.2 Å². The van der Waals surface area contributed by atoms with Crippen LogP contribution in [-0.4, -0.2) is 42.4 Å². The standard InChI is InChI=1S/C19H36N2O4/c1-7-24-16(22)14-8-10-15(11-9-14)20-13-12-19(5,6)21-17(23)25-18(2,3)4/h14-15,20H,7-13H2,1-6H3,(H,21,23). The van der Waals surface area contributed by atoms with Gasteiger partial charge in [0.25, 0.3) is 0 Å². The Bertz CT molecular complexity index is 435. The SMILES string of the molecule is CCOC(=O)C1CCC(NCCC(C)(C)NC(=O)OC(C)(C)C)CC1. The van der Waals surface area contributed by atoms with E-state index >= 15 is 0 Å². The van der Waals surface area contributed by atoms with Crippen molar-refractivity contribution >= 4 is 12.1 Å². The van der Waals surface area contributed by atoms with Gasteiger partial charge < -0.3 is 20.1 Å². The van der Waals surface area contributed by atoms with E-state index in [0.717, 1.165) is 38.6 Å². The molecular formula is C19H36N2O4. The third-order valence-electron chi connectivity index (χ3n) is 4.37. The summed E-state index contributed by atoms with van der Waals surface area (Å²) in [5.41, 5.74) is -0.826. The lowest BCUT2D eigenvalue weighted by Gasteiger charge is -2.31. The number of alkyl carbamates (subject to hydrolysis) is 1. The summed E-state index contributed by atoms with van der Waals surface area (Å²) in [4.78, 5) is 23.7. The summed E-state index contributed by atoms with van der Waals surface area (Å²) in [6.45, 7) is 12.7. The number of hydrogen-bond acceptors (Lipinski definition) is 5. The van der Waals surface area contributed by atoms with Crippen molar-refractivity contribution in [2.24, 2.45) is 5.92 Å². The summed E-state index contributed by atoms with van der Waals surface area (Å²) in [6.07, 6.45) is 4.18. The molecule has 1 saturated carbocycles. The van der Waals surface area contributed by atoms with E-state index in [9.17, 15) is 9.59 Å². The number of amides is 1. The smallest absolute Gasteiger partial charge is 0.408 e. The topological polar surface area (TPSA) is 76.7 Å². The zero-order valence-electron chi connectivity index (χ0n) is 16.7. The van der Waals surface area contributed by atoms with Gasteiger partial charge in [-0.1, -0.05) is 0 Å². The van der Waals surface area contributed by atoms with Crippen LogP contribution in [0.3, 0.4) is 0 Å². The molecule has 0 unspecified atom stereocenters. The molecule has 25 heavy (non-hydrogen) atoms. The van der Waals surface area contributed by atoms with Gasteiger partial charge in [-0.3, -0.25) is 4.79 Å². The van der Waals surface area contributed by atoms with Crippen LogP contribution in [0.2, 0.25) is 0 Å². The van der Waals surface area contributed by atoms with Gasteiger partial charge in [-0.25, -0.2) is 4.79 Å². The quantitative estimate of drug-likeness (QED) is 0.684. The largest absolute Gasteiger partial charge is 0.466 e. The second kappa shape index (κ2) is 9.41. The van der Waals surface area contributed by atoms with Gasteiger partial charge in [0.1, 0.15) is 5.60 Å². The zero-order chi connectivity index (χ0) is 19.1. The maximum Gasteiger partial charge on any atom is 0.408 e. The summed E-state index contributed by atoms with van der Waals surface area (Å²) in [5.74, 6) is 0.00641. The first-order chi connectivity index (χ1) is 11.5. The van der Waals surface area contributed by atoms with Gasteiger partial charge in [-0.05, 0) is 80.2 Å². The van der Waals surface area contributed by atoms with Gasteiger partial charge in [-0.2, -0.15) is 0 Å². The molecule has 0 saturated heterocycles. The molecule has 0 aromatic heterocycles. The maximum atomic E-state index is 11.9. The minimum Gasteiger partial charge on any atom is -0.466 e. The molecule has 1 aliphatic carbocycles. The van der Waals surface area contributed by atoms with E-state index in [2.05, 4.69) is 10.6 Å². The van der Waals surface area contributed by atoms with Gasteiger partial charge in [0.05, 0.1) is 12.5 Å². The van der Waals surface area contributed by atoms with E-state index < -0.39 is 5.60 Å². The van der Waals surface area contributed by atoms with Crippen LogP contribution in [0.4, 0.5) is 4.79 Å². The Balaban J connectivity index is 2.26. The van der Waals surface area contributed by atoms with E-state index in [1.807, 2.05) is 41.5 Å². The minimum absolute atomic E-state index is 0.0522. The maximum absolute atomic E-state index is 11.9. The molecule has 0 bridgehead atoms. The second-order valence-corrected chi connectivity index (χ2v) is 8.52. The fourth-order valence-electron chi connectivity index (χ4n) is 3.02. The first kappa shape index (κ1) is 21.7. The molecule has 2 N–H and O–H groups in total. The van der Waals surface area contributed by atoms with Gasteiger partial charge in [0.15, 0.2) is 0 Å². The molecule has 146 valence electrons. The number of esters is 1. The highest BCUT2D eigenvalue weighted by molar-refractivity contribution is 5.72. The van der Waals surface area contributed by atoms with E-state index in [1.165, 1.54) is 0 Å². The van der Waals surface area contributed by atoms with Crippen molar-refractivity contribution in [3.05, 3.63) is 0 Å². The third kappa shape index (κ3) is 9.10. The first-order valence-electron chi connectivity index (χ1n) is 9.43. The van der Waals surface area contributed by atoms with Gasteiger partial charge >= 0.3 is 12.1 Å². The number of rotatable bonds is 7. The first-order valence-corrected chi connectivity index (χ1v) is 9.43. The molecule has 1 rings (SSSR count). The highest BCUT2D eigenvalue weighted by atomic mass is 16.6. The summed E-state index contributed by atoms with van der Waals surface area (Å²) in [7, 11) is 0. The summed E-state index contributed by atoms with van der Waals surface area (Å²) >= 11 is 0. The molecule has 0 atom stereocenters. The number of nitrogens with one attached hydrogen (secondary N) is 2. The van der Waals surface area contributed by atoms with E-state index in [0.29, 0.717) is 12.6 Å². The Morgan fingerprint density at radius 1 is 1.04 bits per heavy atom. The van der Waals surface area contributed by atoms with Crippen molar-refractivity contribution in [3.8, 4) is 0 Å². The lowest BCUT2D eigenvalue weighted by Crippen LogP contribution is -2.48. The zero-order valence-corrected chi connectivity index (χ0v) is 16.7. The van der Waals surface area contributed by atoms with Crippen LogP contribution in [0.5, 0.6) is 0 Å². The van der Waals surface area contributed by atoms with Crippen molar-refractivity contribution in [1.82, 2.24) is 10.6 Å². The molecule has 0 aliphatic heterocycles. The molecule has 0 radical (unpaired) electrons. The molecule has 0 aromatic rings. The number of ether oxygens (including phenoxy) is 2. The van der Waals surface area contributed by atoms with Crippen LogP contribution in [-0.2, 0) is 14.3 Å². The monoisotopic (exact) mass is 356 g/mol. The fourth-order valence-corrected chi connectivity index (χ4v) is 3.02. The Kier molecular flexibility index (Phi) is 8.19. The molecule has 0 heterocycles. The van der Waals surface area contributed by atoms with Crippen molar-refractivity contribution in [1.29, 1.82) is 0 Å². The molecule has 1 amide bonds.